The molecule has 4 heteroatoms. The van der Waals surface area contributed by atoms with Gasteiger partial charge in [-0.15, -0.1) is 0 Å². The molecule has 0 aliphatic rings. The highest BCUT2D eigenvalue weighted by molar-refractivity contribution is 5.95. The fourth-order valence-electron chi connectivity index (χ4n) is 2.00. The molecule has 1 N–H and O–H groups in total. The lowest BCUT2D eigenvalue weighted by Crippen LogP contribution is -2.27. The Bertz CT molecular complexity index is 574. The first-order chi connectivity index (χ1) is 9.13. The zero-order valence-electron chi connectivity index (χ0n) is 11.3. The van der Waals surface area contributed by atoms with Crippen LogP contribution in [-0.4, -0.2) is 13.0 Å². The molecule has 1 aromatic carbocycles. The molecule has 1 aromatic heterocycles. The number of nitrogens with one attached hydrogen (secondary N) is 1. The highest BCUT2D eigenvalue weighted by Gasteiger charge is 2.17. The maximum Gasteiger partial charge on any atom is 0.255 e. The third-order valence-electron chi connectivity index (χ3n) is 3.06. The van der Waals surface area contributed by atoms with Gasteiger partial charge >= 0.3 is 0 Å². The van der Waals surface area contributed by atoms with Crippen molar-refractivity contribution in [1.82, 2.24) is 5.32 Å². The molecule has 0 bridgehead atoms. The summed E-state index contributed by atoms with van der Waals surface area (Å²) in [6.07, 6.45) is 1.51. The number of furan rings is 1. The van der Waals surface area contributed by atoms with Crippen molar-refractivity contribution in [3.05, 3.63) is 53.5 Å². The van der Waals surface area contributed by atoms with Gasteiger partial charge < -0.3 is 14.5 Å². The predicted octanol–water partition coefficient (Wildman–Crippen LogP) is 3.09. The molecular formula is C15H17NO3. The van der Waals surface area contributed by atoms with Crippen LogP contribution in [0, 0.1) is 6.92 Å². The monoisotopic (exact) mass is 259 g/mol. The molecule has 100 valence electrons. The zero-order valence-corrected chi connectivity index (χ0v) is 11.3. The van der Waals surface area contributed by atoms with Crippen molar-refractivity contribution in [3.8, 4) is 5.75 Å². The van der Waals surface area contributed by atoms with Gasteiger partial charge in [0.2, 0.25) is 0 Å². The predicted molar refractivity (Wildman–Crippen MR) is 72.3 cm³/mol. The van der Waals surface area contributed by atoms with Crippen LogP contribution in [0.5, 0.6) is 5.75 Å². The number of rotatable bonds is 4. The average molecular weight is 259 g/mol. The molecule has 0 saturated heterocycles. The number of methoxy groups -OCH3 is 1. The summed E-state index contributed by atoms with van der Waals surface area (Å²) >= 11 is 0. The summed E-state index contributed by atoms with van der Waals surface area (Å²) in [4.78, 5) is 12.1. The topological polar surface area (TPSA) is 51.5 Å². The lowest BCUT2D eigenvalue weighted by Gasteiger charge is -2.17. The van der Waals surface area contributed by atoms with E-state index in [1.807, 2.05) is 31.2 Å². The summed E-state index contributed by atoms with van der Waals surface area (Å²) in [6.45, 7) is 3.69. The number of hydrogen-bond acceptors (Lipinski definition) is 3. The number of para-hydroxylation sites is 1. The fourth-order valence-corrected chi connectivity index (χ4v) is 2.00. The van der Waals surface area contributed by atoms with Crippen LogP contribution in [0.1, 0.15) is 34.6 Å². The molecule has 1 amide bonds. The van der Waals surface area contributed by atoms with Gasteiger partial charge in [-0.25, -0.2) is 0 Å². The maximum absolute atomic E-state index is 12.1. The normalized spacial score (nSPS) is 11.9. The van der Waals surface area contributed by atoms with Gasteiger partial charge in [0.05, 0.1) is 25.0 Å². The van der Waals surface area contributed by atoms with Crippen molar-refractivity contribution in [2.45, 2.75) is 19.9 Å². The minimum absolute atomic E-state index is 0.141. The van der Waals surface area contributed by atoms with Gasteiger partial charge in [0.1, 0.15) is 11.5 Å². The largest absolute Gasteiger partial charge is 0.496 e. The maximum atomic E-state index is 12.1. The summed E-state index contributed by atoms with van der Waals surface area (Å²) < 4.78 is 10.4. The number of benzene rings is 1. The summed E-state index contributed by atoms with van der Waals surface area (Å²) in [5.74, 6) is 1.23. The van der Waals surface area contributed by atoms with E-state index < -0.39 is 0 Å². The Morgan fingerprint density at radius 2 is 2.05 bits per heavy atom. The molecule has 1 unspecified atom stereocenters. The standard InChI is InChI=1S/C15H17NO3/c1-10(12-6-4-5-7-14(12)18-3)16-15(17)13-8-9-19-11(13)2/h4-10H,1-3H3,(H,16,17). The molecule has 0 aliphatic carbocycles. The van der Waals surface area contributed by atoms with E-state index in [1.54, 1.807) is 20.1 Å². The lowest BCUT2D eigenvalue weighted by atomic mass is 10.1. The molecule has 2 aromatic rings. The van der Waals surface area contributed by atoms with Crippen molar-refractivity contribution in [2.75, 3.05) is 7.11 Å². The van der Waals surface area contributed by atoms with E-state index in [0.717, 1.165) is 11.3 Å². The smallest absolute Gasteiger partial charge is 0.255 e. The second kappa shape index (κ2) is 5.61. The van der Waals surface area contributed by atoms with E-state index in [0.29, 0.717) is 11.3 Å². The second-order valence-corrected chi connectivity index (χ2v) is 4.33. The van der Waals surface area contributed by atoms with Crippen LogP contribution < -0.4 is 10.1 Å². The fraction of sp³-hybridized carbons (Fsp3) is 0.267. The van der Waals surface area contributed by atoms with Gasteiger partial charge in [0.25, 0.3) is 5.91 Å². The number of carbonyl (C=O) groups is 1. The van der Waals surface area contributed by atoms with E-state index in [2.05, 4.69) is 5.32 Å². The number of hydrogen-bond donors (Lipinski definition) is 1. The first-order valence-corrected chi connectivity index (χ1v) is 6.11. The van der Waals surface area contributed by atoms with Crippen molar-refractivity contribution in [1.29, 1.82) is 0 Å². The number of aryl methyl sites for hydroxylation is 1. The molecule has 4 nitrogen and oxygen atoms in total. The Balaban J connectivity index is 2.15. The number of ether oxygens (including phenoxy) is 1. The van der Waals surface area contributed by atoms with Crippen LogP contribution >= 0.6 is 0 Å². The summed E-state index contributed by atoms with van der Waals surface area (Å²) in [5, 5.41) is 2.94. The first-order valence-electron chi connectivity index (χ1n) is 6.11. The summed E-state index contributed by atoms with van der Waals surface area (Å²) in [7, 11) is 1.62. The van der Waals surface area contributed by atoms with Crippen LogP contribution in [0.2, 0.25) is 0 Å². The zero-order chi connectivity index (χ0) is 13.8. The SMILES string of the molecule is COc1ccccc1C(C)NC(=O)c1ccoc1C. The number of amides is 1. The highest BCUT2D eigenvalue weighted by Crippen LogP contribution is 2.24. The van der Waals surface area contributed by atoms with E-state index in [4.69, 9.17) is 9.15 Å². The summed E-state index contributed by atoms with van der Waals surface area (Å²) in [5.41, 5.74) is 1.50. The van der Waals surface area contributed by atoms with Gasteiger partial charge in [-0.05, 0) is 26.0 Å². The highest BCUT2D eigenvalue weighted by atomic mass is 16.5. The molecule has 0 aliphatic heterocycles. The van der Waals surface area contributed by atoms with E-state index in [1.165, 1.54) is 6.26 Å². The van der Waals surface area contributed by atoms with Gasteiger partial charge in [0.15, 0.2) is 0 Å². The van der Waals surface area contributed by atoms with Gasteiger partial charge in [-0.2, -0.15) is 0 Å². The molecule has 1 heterocycles. The van der Waals surface area contributed by atoms with E-state index >= 15 is 0 Å². The van der Waals surface area contributed by atoms with Crippen LogP contribution in [0.25, 0.3) is 0 Å². The van der Waals surface area contributed by atoms with Crippen molar-refractivity contribution in [3.63, 3.8) is 0 Å². The van der Waals surface area contributed by atoms with Gasteiger partial charge in [-0.3, -0.25) is 4.79 Å². The molecule has 0 spiro atoms. The van der Waals surface area contributed by atoms with E-state index in [9.17, 15) is 4.79 Å². The molecule has 19 heavy (non-hydrogen) atoms. The Morgan fingerprint density at radius 3 is 2.68 bits per heavy atom. The van der Waals surface area contributed by atoms with Crippen molar-refractivity contribution >= 4 is 5.91 Å². The Morgan fingerprint density at radius 1 is 1.32 bits per heavy atom. The van der Waals surface area contributed by atoms with Crippen LogP contribution in [0.15, 0.2) is 41.0 Å². The van der Waals surface area contributed by atoms with Crippen molar-refractivity contribution < 1.29 is 13.9 Å². The average Bonchev–Trinajstić information content (AvgIpc) is 2.85. The van der Waals surface area contributed by atoms with Crippen LogP contribution in [-0.2, 0) is 0 Å². The molecule has 0 saturated carbocycles. The van der Waals surface area contributed by atoms with Crippen LogP contribution in [0.4, 0.5) is 0 Å². The number of carbonyl (C=O) groups excluding carboxylic acids is 1. The van der Waals surface area contributed by atoms with Gasteiger partial charge in [0, 0.05) is 5.56 Å². The second-order valence-electron chi connectivity index (χ2n) is 4.33. The van der Waals surface area contributed by atoms with E-state index in [-0.39, 0.29) is 11.9 Å². The summed E-state index contributed by atoms with van der Waals surface area (Å²) in [6, 6.07) is 9.16. The Hall–Kier alpha value is -2.23. The van der Waals surface area contributed by atoms with Crippen LogP contribution in [0.3, 0.4) is 0 Å². The first kappa shape index (κ1) is 13.2. The molecule has 2 rings (SSSR count). The van der Waals surface area contributed by atoms with Crippen molar-refractivity contribution in [2.24, 2.45) is 0 Å². The quantitative estimate of drug-likeness (QED) is 0.918. The minimum Gasteiger partial charge on any atom is -0.496 e. The Labute approximate surface area is 112 Å². The third-order valence-corrected chi connectivity index (χ3v) is 3.06. The van der Waals surface area contributed by atoms with Gasteiger partial charge in [-0.1, -0.05) is 18.2 Å². The molecule has 0 fully saturated rings. The molecular weight excluding hydrogens is 242 g/mol. The Kier molecular flexibility index (Phi) is 3.90. The molecule has 1 atom stereocenters. The lowest BCUT2D eigenvalue weighted by molar-refractivity contribution is 0.0938. The minimum atomic E-state index is -0.148. The third kappa shape index (κ3) is 2.78. The molecule has 0 radical (unpaired) electrons.